The largest absolute Gasteiger partial charge is 0.504 e. The van der Waals surface area contributed by atoms with Crippen molar-refractivity contribution in [3.63, 3.8) is 0 Å². The summed E-state index contributed by atoms with van der Waals surface area (Å²) in [5.74, 6) is -1.04. The van der Waals surface area contributed by atoms with Crippen LogP contribution in [0.2, 0.25) is 0 Å². The van der Waals surface area contributed by atoms with Gasteiger partial charge in [0.15, 0.2) is 21.3 Å². The van der Waals surface area contributed by atoms with Gasteiger partial charge in [-0.2, -0.15) is 0 Å². The Morgan fingerprint density at radius 2 is 2.00 bits per heavy atom. The van der Waals surface area contributed by atoms with Gasteiger partial charge in [-0.3, -0.25) is 4.79 Å². The van der Waals surface area contributed by atoms with Gasteiger partial charge in [0.2, 0.25) is 0 Å². The fourth-order valence-corrected chi connectivity index (χ4v) is 3.71. The SMILES string of the molecule is O=C(NC1CCCS(=O)(=O)C1)c1ccc(O)c(O)c1. The van der Waals surface area contributed by atoms with Crippen molar-refractivity contribution >= 4 is 15.7 Å². The number of carbonyl (C=O) groups is 1. The molecule has 0 saturated carbocycles. The van der Waals surface area contributed by atoms with E-state index < -0.39 is 21.8 Å². The molecule has 1 saturated heterocycles. The first-order valence-corrected chi connectivity index (χ1v) is 7.73. The molecule has 3 N–H and O–H groups in total. The predicted molar refractivity (Wildman–Crippen MR) is 68.9 cm³/mol. The number of benzene rings is 1. The Morgan fingerprint density at radius 1 is 1.26 bits per heavy atom. The van der Waals surface area contributed by atoms with E-state index >= 15 is 0 Å². The molecule has 104 valence electrons. The number of phenols is 2. The lowest BCUT2D eigenvalue weighted by Crippen LogP contribution is -2.43. The summed E-state index contributed by atoms with van der Waals surface area (Å²) in [5, 5.41) is 21.1. The molecule has 0 aliphatic carbocycles. The van der Waals surface area contributed by atoms with Crippen LogP contribution in [-0.4, -0.2) is 42.1 Å². The first kappa shape index (κ1) is 13.7. The Labute approximate surface area is 111 Å². The van der Waals surface area contributed by atoms with Crippen molar-refractivity contribution in [3.8, 4) is 11.5 Å². The smallest absolute Gasteiger partial charge is 0.251 e. The highest BCUT2D eigenvalue weighted by Crippen LogP contribution is 2.25. The van der Waals surface area contributed by atoms with E-state index in [0.717, 1.165) is 6.07 Å². The molecular formula is C12H15NO5S. The van der Waals surface area contributed by atoms with Crippen molar-refractivity contribution in [3.05, 3.63) is 23.8 Å². The number of hydrogen-bond acceptors (Lipinski definition) is 5. The first-order chi connectivity index (χ1) is 8.87. The zero-order valence-corrected chi connectivity index (χ0v) is 11.0. The Balaban J connectivity index is 2.06. The zero-order chi connectivity index (χ0) is 14.0. The molecule has 1 aromatic rings. The lowest BCUT2D eigenvalue weighted by atomic mass is 10.1. The fourth-order valence-electron chi connectivity index (χ4n) is 2.07. The normalized spacial score (nSPS) is 21.8. The summed E-state index contributed by atoms with van der Waals surface area (Å²) in [4.78, 5) is 11.9. The quantitative estimate of drug-likeness (QED) is 0.683. The minimum Gasteiger partial charge on any atom is -0.504 e. The molecular weight excluding hydrogens is 270 g/mol. The molecule has 0 spiro atoms. The summed E-state index contributed by atoms with van der Waals surface area (Å²) < 4.78 is 22.9. The second kappa shape index (κ2) is 5.08. The van der Waals surface area contributed by atoms with Gasteiger partial charge in [-0.1, -0.05) is 0 Å². The van der Waals surface area contributed by atoms with E-state index in [2.05, 4.69) is 5.32 Å². The summed E-state index contributed by atoms with van der Waals surface area (Å²) in [6, 6.07) is 3.31. The molecule has 7 heteroatoms. The van der Waals surface area contributed by atoms with Gasteiger partial charge in [0.25, 0.3) is 5.91 Å². The van der Waals surface area contributed by atoms with Crippen molar-refractivity contribution < 1.29 is 23.4 Å². The number of sulfone groups is 1. The summed E-state index contributed by atoms with van der Waals surface area (Å²) in [6.07, 6.45) is 1.16. The van der Waals surface area contributed by atoms with Crippen LogP contribution >= 0.6 is 0 Å². The van der Waals surface area contributed by atoms with Crippen molar-refractivity contribution in [1.82, 2.24) is 5.32 Å². The van der Waals surface area contributed by atoms with Gasteiger partial charge in [0, 0.05) is 11.6 Å². The third-order valence-corrected chi connectivity index (χ3v) is 4.86. The fraction of sp³-hybridized carbons (Fsp3) is 0.417. The maximum absolute atomic E-state index is 11.9. The average Bonchev–Trinajstić information content (AvgIpc) is 2.31. The van der Waals surface area contributed by atoms with Crippen LogP contribution in [0.15, 0.2) is 18.2 Å². The highest BCUT2D eigenvalue weighted by Gasteiger charge is 2.26. The van der Waals surface area contributed by atoms with Gasteiger partial charge < -0.3 is 15.5 Å². The van der Waals surface area contributed by atoms with Crippen LogP contribution in [0.4, 0.5) is 0 Å². The molecule has 19 heavy (non-hydrogen) atoms. The zero-order valence-electron chi connectivity index (χ0n) is 10.2. The Bertz CT molecular complexity index is 596. The second-order valence-corrected chi connectivity index (χ2v) is 6.86. The van der Waals surface area contributed by atoms with Gasteiger partial charge in [-0.25, -0.2) is 8.42 Å². The number of aromatic hydroxyl groups is 2. The third-order valence-electron chi connectivity index (χ3n) is 3.04. The average molecular weight is 285 g/mol. The van der Waals surface area contributed by atoms with E-state index in [-0.39, 0.29) is 28.6 Å². The minimum atomic E-state index is -3.08. The highest BCUT2D eigenvalue weighted by atomic mass is 32.2. The van der Waals surface area contributed by atoms with Gasteiger partial charge in [-0.05, 0) is 31.0 Å². The van der Waals surface area contributed by atoms with E-state index in [1.54, 1.807) is 0 Å². The summed E-state index contributed by atoms with van der Waals surface area (Å²) in [7, 11) is -3.08. The van der Waals surface area contributed by atoms with Crippen LogP contribution in [-0.2, 0) is 9.84 Å². The molecule has 1 amide bonds. The maximum Gasteiger partial charge on any atom is 0.251 e. The van der Waals surface area contributed by atoms with E-state index in [1.165, 1.54) is 12.1 Å². The van der Waals surface area contributed by atoms with Crippen LogP contribution in [0.1, 0.15) is 23.2 Å². The lowest BCUT2D eigenvalue weighted by Gasteiger charge is -2.23. The van der Waals surface area contributed by atoms with E-state index in [0.29, 0.717) is 12.8 Å². The van der Waals surface area contributed by atoms with Crippen molar-refractivity contribution in [1.29, 1.82) is 0 Å². The van der Waals surface area contributed by atoms with E-state index in [9.17, 15) is 18.3 Å². The number of rotatable bonds is 2. The molecule has 6 nitrogen and oxygen atoms in total. The molecule has 1 aliphatic rings. The van der Waals surface area contributed by atoms with Crippen LogP contribution in [0, 0.1) is 0 Å². The Hall–Kier alpha value is -1.76. The molecule has 1 atom stereocenters. The number of phenolic OH excluding ortho intramolecular Hbond substituents is 2. The molecule has 0 radical (unpaired) electrons. The van der Waals surface area contributed by atoms with Gasteiger partial charge in [-0.15, -0.1) is 0 Å². The van der Waals surface area contributed by atoms with E-state index in [1.807, 2.05) is 0 Å². The molecule has 1 aliphatic heterocycles. The van der Waals surface area contributed by atoms with Crippen molar-refractivity contribution in [2.75, 3.05) is 11.5 Å². The molecule has 1 aromatic carbocycles. The monoisotopic (exact) mass is 285 g/mol. The summed E-state index contributed by atoms with van der Waals surface area (Å²) in [6.45, 7) is 0. The van der Waals surface area contributed by atoms with Gasteiger partial charge in [0.1, 0.15) is 0 Å². The molecule has 2 rings (SSSR count). The second-order valence-electron chi connectivity index (χ2n) is 4.63. The minimum absolute atomic E-state index is 0.0528. The topological polar surface area (TPSA) is 104 Å². The summed E-state index contributed by atoms with van der Waals surface area (Å²) >= 11 is 0. The highest BCUT2D eigenvalue weighted by molar-refractivity contribution is 7.91. The first-order valence-electron chi connectivity index (χ1n) is 5.91. The number of amides is 1. The molecule has 1 fully saturated rings. The maximum atomic E-state index is 11.9. The molecule has 0 bridgehead atoms. The van der Waals surface area contributed by atoms with Crippen LogP contribution in [0.25, 0.3) is 0 Å². The summed E-state index contributed by atoms with van der Waals surface area (Å²) in [5.41, 5.74) is 0.179. The molecule has 1 heterocycles. The molecule has 0 aromatic heterocycles. The van der Waals surface area contributed by atoms with Crippen LogP contribution in [0.5, 0.6) is 11.5 Å². The van der Waals surface area contributed by atoms with Crippen molar-refractivity contribution in [2.45, 2.75) is 18.9 Å². The Kier molecular flexibility index (Phi) is 3.66. The predicted octanol–water partition coefficient (Wildman–Crippen LogP) is 0.405. The lowest BCUT2D eigenvalue weighted by molar-refractivity contribution is 0.0938. The standard InChI is InChI=1S/C12H15NO5S/c14-10-4-3-8(6-11(10)15)12(16)13-9-2-1-5-19(17,18)7-9/h3-4,6,9,14-15H,1-2,5,7H2,(H,13,16). The Morgan fingerprint density at radius 3 is 2.63 bits per heavy atom. The van der Waals surface area contributed by atoms with Gasteiger partial charge >= 0.3 is 0 Å². The van der Waals surface area contributed by atoms with Crippen molar-refractivity contribution in [2.24, 2.45) is 0 Å². The van der Waals surface area contributed by atoms with E-state index in [4.69, 9.17) is 5.11 Å². The van der Waals surface area contributed by atoms with Gasteiger partial charge in [0.05, 0.1) is 11.5 Å². The third kappa shape index (κ3) is 3.37. The number of carbonyl (C=O) groups excluding carboxylic acids is 1. The van der Waals surface area contributed by atoms with Crippen LogP contribution in [0.3, 0.4) is 0 Å². The number of nitrogens with one attached hydrogen (secondary N) is 1. The number of hydrogen-bond donors (Lipinski definition) is 3. The van der Waals surface area contributed by atoms with Crippen LogP contribution < -0.4 is 5.32 Å². The molecule has 1 unspecified atom stereocenters.